The summed E-state index contributed by atoms with van der Waals surface area (Å²) in [6.45, 7) is 0. The van der Waals surface area contributed by atoms with Crippen LogP contribution in [0.1, 0.15) is 38.1 Å². The minimum absolute atomic E-state index is 0.546. The van der Waals surface area contributed by atoms with Crippen molar-refractivity contribution in [3.8, 4) is 16.9 Å². The summed E-state index contributed by atoms with van der Waals surface area (Å²) in [6.07, 6.45) is 10.5. The van der Waals surface area contributed by atoms with E-state index < -0.39 is 0 Å². The third-order valence-electron chi connectivity index (χ3n) is 4.11. The molecule has 2 aromatic rings. The lowest BCUT2D eigenvalue weighted by Crippen LogP contribution is -2.12. The fourth-order valence-electron chi connectivity index (χ4n) is 3.03. The molecule has 3 rings (SSSR count). The van der Waals surface area contributed by atoms with E-state index in [0.29, 0.717) is 11.7 Å². The van der Waals surface area contributed by atoms with Crippen molar-refractivity contribution in [3.05, 3.63) is 30.6 Å². The molecule has 0 aliphatic heterocycles. The van der Waals surface area contributed by atoms with Crippen molar-refractivity contribution in [2.24, 2.45) is 0 Å². The van der Waals surface area contributed by atoms with E-state index in [1.54, 1.807) is 7.11 Å². The smallest absolute Gasteiger partial charge is 0.149 e. The van der Waals surface area contributed by atoms with E-state index in [1.807, 2.05) is 24.4 Å². The van der Waals surface area contributed by atoms with Crippen LogP contribution in [0.4, 0.5) is 5.69 Å². The molecule has 1 aliphatic rings. The van der Waals surface area contributed by atoms with E-state index in [2.05, 4.69) is 16.0 Å². The van der Waals surface area contributed by atoms with Crippen LogP contribution >= 0.6 is 0 Å². The van der Waals surface area contributed by atoms with E-state index in [1.165, 1.54) is 32.1 Å². The lowest BCUT2D eigenvalue weighted by Gasteiger charge is -2.21. The summed E-state index contributed by atoms with van der Waals surface area (Å²) in [5, 5.41) is 4.54. The summed E-state index contributed by atoms with van der Waals surface area (Å²) < 4.78 is 7.53. The Balaban J connectivity index is 1.92. The van der Waals surface area contributed by atoms with Crippen LogP contribution in [0.2, 0.25) is 0 Å². The number of rotatable bonds is 3. The van der Waals surface area contributed by atoms with Crippen LogP contribution in [0.5, 0.6) is 5.75 Å². The van der Waals surface area contributed by atoms with Gasteiger partial charge in [0.05, 0.1) is 25.0 Å². The molecule has 1 aromatic carbocycles. The first-order chi connectivity index (χ1) is 9.79. The van der Waals surface area contributed by atoms with Gasteiger partial charge >= 0.3 is 0 Å². The van der Waals surface area contributed by atoms with Gasteiger partial charge in [-0.25, -0.2) is 0 Å². The minimum Gasteiger partial charge on any atom is -0.494 e. The molecular weight excluding hydrogens is 250 g/mol. The zero-order chi connectivity index (χ0) is 13.9. The summed E-state index contributed by atoms with van der Waals surface area (Å²) in [7, 11) is 1.65. The van der Waals surface area contributed by atoms with Crippen molar-refractivity contribution in [2.75, 3.05) is 12.8 Å². The number of para-hydroxylation sites is 1. The van der Waals surface area contributed by atoms with Gasteiger partial charge in [0.2, 0.25) is 0 Å². The second-order valence-corrected chi connectivity index (χ2v) is 5.43. The lowest BCUT2D eigenvalue weighted by atomic mass is 9.96. The molecule has 1 aliphatic carbocycles. The fourth-order valence-corrected chi connectivity index (χ4v) is 3.03. The van der Waals surface area contributed by atoms with Gasteiger partial charge in [0, 0.05) is 17.3 Å². The number of nitrogens with two attached hydrogens (primary N) is 1. The standard InChI is InChI=1S/C16H21N3O/c1-20-16-14(8-5-9-15(16)17)12-10-18-19(11-12)13-6-3-2-4-7-13/h5,8-11,13H,2-4,6-7,17H2,1H3. The fraction of sp³-hybridized carbons (Fsp3) is 0.438. The SMILES string of the molecule is COc1c(N)cccc1-c1cnn(C2CCCCC2)c1. The van der Waals surface area contributed by atoms with Crippen molar-refractivity contribution in [2.45, 2.75) is 38.1 Å². The Morgan fingerprint density at radius 1 is 1.25 bits per heavy atom. The molecule has 1 heterocycles. The highest BCUT2D eigenvalue weighted by atomic mass is 16.5. The molecule has 1 saturated carbocycles. The molecule has 20 heavy (non-hydrogen) atoms. The van der Waals surface area contributed by atoms with Crippen LogP contribution in [-0.4, -0.2) is 16.9 Å². The maximum Gasteiger partial charge on any atom is 0.149 e. The zero-order valence-corrected chi connectivity index (χ0v) is 11.9. The largest absolute Gasteiger partial charge is 0.494 e. The molecule has 0 unspecified atom stereocenters. The highest BCUT2D eigenvalue weighted by Gasteiger charge is 2.17. The van der Waals surface area contributed by atoms with Gasteiger partial charge in [-0.2, -0.15) is 5.10 Å². The third kappa shape index (κ3) is 2.38. The van der Waals surface area contributed by atoms with Crippen molar-refractivity contribution >= 4 is 5.69 Å². The topological polar surface area (TPSA) is 53.1 Å². The van der Waals surface area contributed by atoms with Gasteiger partial charge in [-0.1, -0.05) is 31.4 Å². The van der Waals surface area contributed by atoms with Crippen LogP contribution in [0.15, 0.2) is 30.6 Å². The summed E-state index contributed by atoms with van der Waals surface area (Å²) in [5.74, 6) is 0.732. The molecule has 0 saturated heterocycles. The molecule has 1 fully saturated rings. The lowest BCUT2D eigenvalue weighted by molar-refractivity contribution is 0.329. The van der Waals surface area contributed by atoms with Gasteiger partial charge in [0.25, 0.3) is 0 Å². The maximum absolute atomic E-state index is 5.97. The van der Waals surface area contributed by atoms with Crippen LogP contribution < -0.4 is 10.5 Å². The number of hydrogen-bond donors (Lipinski definition) is 1. The molecule has 4 nitrogen and oxygen atoms in total. The Labute approximate surface area is 119 Å². The molecule has 0 spiro atoms. The molecular formula is C16H21N3O. The Kier molecular flexibility index (Phi) is 3.63. The van der Waals surface area contributed by atoms with Crippen molar-refractivity contribution < 1.29 is 4.74 Å². The number of benzene rings is 1. The summed E-state index contributed by atoms with van der Waals surface area (Å²) >= 11 is 0. The molecule has 1 aromatic heterocycles. The second kappa shape index (κ2) is 5.57. The van der Waals surface area contributed by atoms with E-state index >= 15 is 0 Å². The highest BCUT2D eigenvalue weighted by Crippen LogP contribution is 2.35. The first-order valence-corrected chi connectivity index (χ1v) is 7.26. The zero-order valence-electron chi connectivity index (χ0n) is 11.9. The van der Waals surface area contributed by atoms with E-state index in [0.717, 1.165) is 16.9 Å². The Bertz CT molecular complexity index is 585. The Hall–Kier alpha value is -1.97. The molecule has 106 valence electrons. The van der Waals surface area contributed by atoms with Gasteiger partial charge in [-0.05, 0) is 18.9 Å². The number of ether oxygens (including phenoxy) is 1. The third-order valence-corrected chi connectivity index (χ3v) is 4.11. The summed E-state index contributed by atoms with van der Waals surface area (Å²) in [4.78, 5) is 0. The molecule has 4 heteroatoms. The molecule has 0 bridgehead atoms. The van der Waals surface area contributed by atoms with Gasteiger partial charge in [0.1, 0.15) is 5.75 Å². The normalized spacial score (nSPS) is 16.2. The summed E-state index contributed by atoms with van der Waals surface area (Å²) in [6, 6.07) is 6.38. The molecule has 0 amide bonds. The van der Waals surface area contributed by atoms with Crippen LogP contribution in [0.3, 0.4) is 0 Å². The average molecular weight is 271 g/mol. The van der Waals surface area contributed by atoms with Crippen LogP contribution in [0.25, 0.3) is 11.1 Å². The Morgan fingerprint density at radius 2 is 2.05 bits per heavy atom. The number of nitrogen functional groups attached to an aromatic ring is 1. The number of methoxy groups -OCH3 is 1. The predicted molar refractivity (Wildman–Crippen MR) is 80.7 cm³/mol. The van der Waals surface area contributed by atoms with E-state index in [-0.39, 0.29) is 0 Å². The quantitative estimate of drug-likeness (QED) is 0.867. The van der Waals surface area contributed by atoms with E-state index in [4.69, 9.17) is 10.5 Å². The van der Waals surface area contributed by atoms with Crippen molar-refractivity contribution in [3.63, 3.8) is 0 Å². The number of anilines is 1. The van der Waals surface area contributed by atoms with Gasteiger partial charge in [-0.3, -0.25) is 4.68 Å². The number of aromatic nitrogens is 2. The Morgan fingerprint density at radius 3 is 2.80 bits per heavy atom. The highest BCUT2D eigenvalue weighted by molar-refractivity contribution is 5.76. The number of nitrogens with zero attached hydrogens (tertiary/aromatic N) is 2. The van der Waals surface area contributed by atoms with Gasteiger partial charge in [0.15, 0.2) is 0 Å². The first-order valence-electron chi connectivity index (χ1n) is 7.26. The molecule has 0 radical (unpaired) electrons. The van der Waals surface area contributed by atoms with E-state index in [9.17, 15) is 0 Å². The van der Waals surface area contributed by atoms with Crippen molar-refractivity contribution in [1.82, 2.24) is 9.78 Å². The summed E-state index contributed by atoms with van der Waals surface area (Å²) in [5.41, 5.74) is 8.71. The monoisotopic (exact) mass is 271 g/mol. The minimum atomic E-state index is 0.546. The van der Waals surface area contributed by atoms with Gasteiger partial charge < -0.3 is 10.5 Å². The van der Waals surface area contributed by atoms with Crippen LogP contribution in [-0.2, 0) is 0 Å². The number of hydrogen-bond acceptors (Lipinski definition) is 3. The average Bonchev–Trinajstić information content (AvgIpc) is 2.97. The molecule has 0 atom stereocenters. The van der Waals surface area contributed by atoms with Gasteiger partial charge in [-0.15, -0.1) is 0 Å². The maximum atomic E-state index is 5.97. The molecule has 2 N–H and O–H groups in total. The second-order valence-electron chi connectivity index (χ2n) is 5.43. The first kappa shape index (κ1) is 13.0. The van der Waals surface area contributed by atoms with Crippen LogP contribution in [0, 0.1) is 0 Å². The predicted octanol–water partition coefficient (Wildman–Crippen LogP) is 3.65. The van der Waals surface area contributed by atoms with Crippen molar-refractivity contribution in [1.29, 1.82) is 0 Å².